The molecule has 0 bridgehead atoms. The first-order valence-corrected chi connectivity index (χ1v) is 6.68. The van der Waals surface area contributed by atoms with Crippen LogP contribution in [0.2, 0.25) is 0 Å². The Kier molecular flexibility index (Phi) is 3.92. The van der Waals surface area contributed by atoms with E-state index in [-0.39, 0.29) is 23.2 Å². The second-order valence-corrected chi connectivity index (χ2v) is 5.46. The summed E-state index contributed by atoms with van der Waals surface area (Å²) in [6.07, 6.45) is 2.28. The summed E-state index contributed by atoms with van der Waals surface area (Å²) in [6, 6.07) is 3.78. The zero-order valence-electron chi connectivity index (χ0n) is 11.6. The number of aromatic hydroxyl groups is 1. The highest BCUT2D eigenvalue weighted by molar-refractivity contribution is 5.95. The van der Waals surface area contributed by atoms with E-state index in [1.165, 1.54) is 12.1 Å². The van der Waals surface area contributed by atoms with Gasteiger partial charge in [0.05, 0.1) is 4.92 Å². The van der Waals surface area contributed by atoms with E-state index in [4.69, 9.17) is 0 Å². The van der Waals surface area contributed by atoms with Crippen molar-refractivity contribution in [3.63, 3.8) is 0 Å². The number of hydrogen-bond acceptors (Lipinski definition) is 4. The molecular weight excluding hydrogens is 260 g/mol. The topological polar surface area (TPSA) is 83.7 Å². The molecule has 1 saturated carbocycles. The number of nitro benzene ring substituents is 1. The van der Waals surface area contributed by atoms with Gasteiger partial charge in [-0.05, 0) is 44.7 Å². The average Bonchev–Trinajstić information content (AvgIpc) is 3.18. The van der Waals surface area contributed by atoms with Crippen LogP contribution in [0.15, 0.2) is 18.2 Å². The molecule has 6 heteroatoms. The average molecular weight is 278 g/mol. The highest BCUT2D eigenvalue weighted by atomic mass is 16.6. The molecule has 1 N–H and O–H groups in total. The molecule has 0 aromatic heterocycles. The molecule has 108 valence electrons. The number of carbonyl (C=O) groups is 1. The fraction of sp³-hybridized carbons (Fsp3) is 0.500. The lowest BCUT2D eigenvalue weighted by Gasteiger charge is -2.27. The van der Waals surface area contributed by atoms with Gasteiger partial charge in [0.1, 0.15) is 0 Å². The van der Waals surface area contributed by atoms with Crippen LogP contribution in [0.25, 0.3) is 0 Å². The highest BCUT2D eigenvalue weighted by Gasteiger charge is 2.29. The SMILES string of the molecule is CC(C)N(CC1CC1)C(=O)c1ccc([N+](=O)[O-])c(O)c1. The lowest BCUT2D eigenvalue weighted by atomic mass is 10.1. The van der Waals surface area contributed by atoms with Crippen molar-refractivity contribution in [3.8, 4) is 5.75 Å². The van der Waals surface area contributed by atoms with Crippen molar-refractivity contribution in [2.75, 3.05) is 6.54 Å². The van der Waals surface area contributed by atoms with Crippen LogP contribution in [0.1, 0.15) is 37.0 Å². The molecule has 0 spiro atoms. The Morgan fingerprint density at radius 3 is 2.60 bits per heavy atom. The van der Waals surface area contributed by atoms with Crippen LogP contribution >= 0.6 is 0 Å². The number of benzene rings is 1. The largest absolute Gasteiger partial charge is 0.502 e. The van der Waals surface area contributed by atoms with Gasteiger partial charge in [0.15, 0.2) is 5.75 Å². The molecule has 0 saturated heterocycles. The van der Waals surface area contributed by atoms with E-state index in [0.717, 1.165) is 18.9 Å². The summed E-state index contributed by atoms with van der Waals surface area (Å²) >= 11 is 0. The molecule has 1 aromatic carbocycles. The van der Waals surface area contributed by atoms with Gasteiger partial charge in [0, 0.05) is 24.2 Å². The van der Waals surface area contributed by atoms with Crippen LogP contribution < -0.4 is 0 Å². The van der Waals surface area contributed by atoms with Crippen LogP contribution in [0.4, 0.5) is 5.69 Å². The summed E-state index contributed by atoms with van der Waals surface area (Å²) < 4.78 is 0. The zero-order valence-corrected chi connectivity index (χ0v) is 11.6. The molecule has 2 rings (SSSR count). The Labute approximate surface area is 117 Å². The maximum absolute atomic E-state index is 12.4. The first-order chi connectivity index (χ1) is 9.40. The van der Waals surface area contributed by atoms with Crippen molar-refractivity contribution in [3.05, 3.63) is 33.9 Å². The number of nitro groups is 1. The molecule has 1 aliphatic carbocycles. The molecule has 0 radical (unpaired) electrons. The summed E-state index contributed by atoms with van der Waals surface area (Å²) in [7, 11) is 0. The van der Waals surface area contributed by atoms with E-state index in [2.05, 4.69) is 0 Å². The summed E-state index contributed by atoms with van der Waals surface area (Å²) in [4.78, 5) is 24.2. The van der Waals surface area contributed by atoms with Gasteiger partial charge in [0.2, 0.25) is 0 Å². The molecule has 1 amide bonds. The molecule has 1 aromatic rings. The first kappa shape index (κ1) is 14.3. The number of carbonyl (C=O) groups excluding carboxylic acids is 1. The molecule has 0 heterocycles. The predicted octanol–water partition coefficient (Wildman–Crippen LogP) is 2.56. The Morgan fingerprint density at radius 1 is 1.50 bits per heavy atom. The molecule has 0 atom stereocenters. The summed E-state index contributed by atoms with van der Waals surface area (Å²) in [6.45, 7) is 4.57. The van der Waals surface area contributed by atoms with Gasteiger partial charge < -0.3 is 10.0 Å². The van der Waals surface area contributed by atoms with Crippen molar-refractivity contribution in [2.45, 2.75) is 32.7 Å². The maximum atomic E-state index is 12.4. The molecule has 0 unspecified atom stereocenters. The van der Waals surface area contributed by atoms with E-state index in [9.17, 15) is 20.0 Å². The van der Waals surface area contributed by atoms with Crippen molar-refractivity contribution in [2.24, 2.45) is 5.92 Å². The van der Waals surface area contributed by atoms with Crippen LogP contribution in [-0.2, 0) is 0 Å². The number of rotatable bonds is 5. The lowest BCUT2D eigenvalue weighted by molar-refractivity contribution is -0.385. The third-order valence-electron chi connectivity index (χ3n) is 3.46. The fourth-order valence-corrected chi connectivity index (χ4v) is 2.08. The van der Waals surface area contributed by atoms with Gasteiger partial charge in [-0.3, -0.25) is 14.9 Å². The van der Waals surface area contributed by atoms with E-state index >= 15 is 0 Å². The minimum Gasteiger partial charge on any atom is -0.502 e. The number of amides is 1. The summed E-state index contributed by atoms with van der Waals surface area (Å²) in [5.74, 6) is -0.110. The van der Waals surface area contributed by atoms with Crippen molar-refractivity contribution in [1.82, 2.24) is 4.90 Å². The maximum Gasteiger partial charge on any atom is 0.310 e. The zero-order chi connectivity index (χ0) is 14.9. The Balaban J connectivity index is 2.22. The number of nitrogens with zero attached hydrogens (tertiary/aromatic N) is 2. The highest BCUT2D eigenvalue weighted by Crippen LogP contribution is 2.32. The normalized spacial score (nSPS) is 14.3. The quantitative estimate of drug-likeness (QED) is 0.662. The first-order valence-electron chi connectivity index (χ1n) is 6.68. The minimum absolute atomic E-state index is 0.0560. The van der Waals surface area contributed by atoms with Crippen molar-refractivity contribution >= 4 is 11.6 Å². The fourth-order valence-electron chi connectivity index (χ4n) is 2.08. The number of hydrogen-bond donors (Lipinski definition) is 1. The summed E-state index contributed by atoms with van der Waals surface area (Å²) in [5.41, 5.74) is -0.109. The minimum atomic E-state index is -0.673. The molecule has 1 aliphatic rings. The molecular formula is C14H18N2O4. The van der Waals surface area contributed by atoms with Gasteiger partial charge in [-0.2, -0.15) is 0 Å². The second-order valence-electron chi connectivity index (χ2n) is 5.46. The third kappa shape index (κ3) is 3.07. The van der Waals surface area contributed by atoms with E-state index < -0.39 is 10.7 Å². The molecule has 6 nitrogen and oxygen atoms in total. The lowest BCUT2D eigenvalue weighted by Crippen LogP contribution is -2.38. The van der Waals surface area contributed by atoms with E-state index in [1.54, 1.807) is 4.90 Å². The van der Waals surface area contributed by atoms with Crippen LogP contribution in [0, 0.1) is 16.0 Å². The number of phenols is 1. The van der Waals surface area contributed by atoms with Gasteiger partial charge in [-0.25, -0.2) is 0 Å². The van der Waals surface area contributed by atoms with Crippen LogP contribution in [0.3, 0.4) is 0 Å². The molecule has 20 heavy (non-hydrogen) atoms. The number of phenolic OH excluding ortho intramolecular Hbond substituents is 1. The van der Waals surface area contributed by atoms with E-state index in [1.807, 2.05) is 13.8 Å². The summed E-state index contributed by atoms with van der Waals surface area (Å²) in [5, 5.41) is 20.3. The molecule has 0 aliphatic heterocycles. The van der Waals surface area contributed by atoms with Crippen LogP contribution in [0.5, 0.6) is 5.75 Å². The smallest absolute Gasteiger partial charge is 0.310 e. The Bertz CT molecular complexity index is 538. The third-order valence-corrected chi connectivity index (χ3v) is 3.46. The van der Waals surface area contributed by atoms with Crippen LogP contribution in [-0.4, -0.2) is 33.4 Å². The van der Waals surface area contributed by atoms with Gasteiger partial charge >= 0.3 is 5.69 Å². The van der Waals surface area contributed by atoms with E-state index in [0.29, 0.717) is 12.5 Å². The van der Waals surface area contributed by atoms with Gasteiger partial charge in [-0.15, -0.1) is 0 Å². The Hall–Kier alpha value is -2.11. The van der Waals surface area contributed by atoms with Crippen molar-refractivity contribution in [1.29, 1.82) is 0 Å². The van der Waals surface area contributed by atoms with Gasteiger partial charge in [0.25, 0.3) is 5.91 Å². The van der Waals surface area contributed by atoms with Crippen molar-refractivity contribution < 1.29 is 14.8 Å². The predicted molar refractivity (Wildman–Crippen MR) is 73.7 cm³/mol. The second kappa shape index (κ2) is 5.48. The monoisotopic (exact) mass is 278 g/mol. The standard InChI is InChI=1S/C14H18N2O4/c1-9(2)15(8-10-3-4-10)14(18)11-5-6-12(16(19)20)13(17)7-11/h5-7,9-10,17H,3-4,8H2,1-2H3. The Morgan fingerprint density at radius 2 is 2.15 bits per heavy atom. The molecule has 1 fully saturated rings. The van der Waals surface area contributed by atoms with Gasteiger partial charge in [-0.1, -0.05) is 0 Å².